The molecular formula is C22H16FN3O3S. The Morgan fingerprint density at radius 3 is 2.60 bits per heavy atom. The number of carbonyl (C=O) groups excluding carboxylic acids is 1. The van der Waals surface area contributed by atoms with Crippen LogP contribution in [-0.2, 0) is 4.79 Å². The van der Waals surface area contributed by atoms with Gasteiger partial charge in [-0.1, -0.05) is 18.2 Å². The SMILES string of the molecule is O=C(COc1ccccc1)NC(=S)Nc1ccc2oc(-c3ccc(F)cc3)nc2c1. The zero-order chi connectivity index (χ0) is 20.9. The maximum atomic E-state index is 13.1. The molecule has 6 nitrogen and oxygen atoms in total. The molecule has 0 aliphatic heterocycles. The van der Waals surface area contributed by atoms with Gasteiger partial charge in [-0.3, -0.25) is 10.1 Å². The fourth-order valence-electron chi connectivity index (χ4n) is 2.71. The molecule has 0 atom stereocenters. The minimum absolute atomic E-state index is 0.137. The molecule has 4 rings (SSSR count). The van der Waals surface area contributed by atoms with Crippen LogP contribution < -0.4 is 15.4 Å². The Kier molecular flexibility index (Phi) is 5.67. The van der Waals surface area contributed by atoms with Crippen LogP contribution in [0, 0.1) is 5.82 Å². The molecule has 30 heavy (non-hydrogen) atoms. The Bertz CT molecular complexity index is 1190. The monoisotopic (exact) mass is 421 g/mol. The van der Waals surface area contributed by atoms with Crippen LogP contribution in [-0.4, -0.2) is 22.6 Å². The van der Waals surface area contributed by atoms with E-state index in [4.69, 9.17) is 21.4 Å². The number of anilines is 1. The number of ether oxygens (including phenoxy) is 1. The number of carbonyl (C=O) groups is 1. The molecule has 0 saturated heterocycles. The highest BCUT2D eigenvalue weighted by molar-refractivity contribution is 7.80. The third-order valence-corrected chi connectivity index (χ3v) is 4.31. The largest absolute Gasteiger partial charge is 0.484 e. The maximum absolute atomic E-state index is 13.1. The van der Waals surface area contributed by atoms with Crippen LogP contribution in [0.15, 0.2) is 77.2 Å². The first-order valence-corrected chi connectivity index (χ1v) is 9.43. The molecule has 0 aliphatic carbocycles. The lowest BCUT2D eigenvalue weighted by atomic mass is 10.2. The van der Waals surface area contributed by atoms with Crippen molar-refractivity contribution in [1.82, 2.24) is 10.3 Å². The Labute approximate surface area is 176 Å². The summed E-state index contributed by atoms with van der Waals surface area (Å²) in [6.45, 7) is -0.158. The van der Waals surface area contributed by atoms with E-state index in [9.17, 15) is 9.18 Å². The molecule has 1 amide bonds. The molecule has 4 aromatic rings. The lowest BCUT2D eigenvalue weighted by Gasteiger charge is -2.10. The van der Waals surface area contributed by atoms with Gasteiger partial charge in [-0.2, -0.15) is 0 Å². The van der Waals surface area contributed by atoms with Gasteiger partial charge in [-0.25, -0.2) is 9.37 Å². The van der Waals surface area contributed by atoms with Gasteiger partial charge in [0.15, 0.2) is 17.3 Å². The lowest BCUT2D eigenvalue weighted by molar-refractivity contribution is -0.121. The number of amides is 1. The number of nitrogens with one attached hydrogen (secondary N) is 2. The molecule has 0 saturated carbocycles. The number of rotatable bonds is 5. The molecule has 3 aromatic carbocycles. The number of hydrogen-bond donors (Lipinski definition) is 2. The average molecular weight is 421 g/mol. The number of nitrogens with zero attached hydrogens (tertiary/aromatic N) is 1. The van der Waals surface area contributed by atoms with Crippen LogP contribution in [0.4, 0.5) is 10.1 Å². The first-order valence-electron chi connectivity index (χ1n) is 9.02. The molecule has 0 radical (unpaired) electrons. The van der Waals surface area contributed by atoms with Crippen molar-refractivity contribution in [2.24, 2.45) is 0 Å². The standard InChI is InChI=1S/C22H16FN3O3S/c23-15-8-6-14(7-9-15)21-25-18-12-16(10-11-19(18)29-21)24-22(30)26-20(27)13-28-17-4-2-1-3-5-17/h1-12H,13H2,(H2,24,26,27,30). The van der Waals surface area contributed by atoms with Crippen molar-refractivity contribution >= 4 is 40.0 Å². The van der Waals surface area contributed by atoms with E-state index >= 15 is 0 Å². The number of thiocarbonyl (C=S) groups is 1. The van der Waals surface area contributed by atoms with Crippen LogP contribution in [0.2, 0.25) is 0 Å². The van der Waals surface area contributed by atoms with E-state index in [1.54, 1.807) is 42.5 Å². The van der Waals surface area contributed by atoms with E-state index in [2.05, 4.69) is 15.6 Å². The van der Waals surface area contributed by atoms with E-state index in [0.29, 0.717) is 34.0 Å². The lowest BCUT2D eigenvalue weighted by Crippen LogP contribution is -2.37. The summed E-state index contributed by atoms with van der Waals surface area (Å²) in [6.07, 6.45) is 0. The number of para-hydroxylation sites is 1. The molecule has 0 spiro atoms. The van der Waals surface area contributed by atoms with E-state index < -0.39 is 0 Å². The van der Waals surface area contributed by atoms with Gasteiger partial charge < -0.3 is 14.5 Å². The average Bonchev–Trinajstić information content (AvgIpc) is 3.17. The fourth-order valence-corrected chi connectivity index (χ4v) is 2.94. The molecule has 150 valence electrons. The van der Waals surface area contributed by atoms with Gasteiger partial charge in [0.25, 0.3) is 5.91 Å². The van der Waals surface area contributed by atoms with Crippen molar-refractivity contribution in [3.05, 3.63) is 78.6 Å². The molecule has 2 N–H and O–H groups in total. The number of benzene rings is 3. The van der Waals surface area contributed by atoms with Gasteiger partial charge in [0, 0.05) is 11.3 Å². The Balaban J connectivity index is 1.37. The van der Waals surface area contributed by atoms with Crippen molar-refractivity contribution < 1.29 is 18.3 Å². The van der Waals surface area contributed by atoms with Gasteiger partial charge in [-0.15, -0.1) is 0 Å². The molecular weight excluding hydrogens is 405 g/mol. The zero-order valence-electron chi connectivity index (χ0n) is 15.6. The van der Waals surface area contributed by atoms with Crippen LogP contribution >= 0.6 is 12.2 Å². The Hall–Kier alpha value is -3.78. The minimum Gasteiger partial charge on any atom is -0.484 e. The summed E-state index contributed by atoms with van der Waals surface area (Å²) in [7, 11) is 0. The zero-order valence-corrected chi connectivity index (χ0v) is 16.4. The number of oxazole rings is 1. The van der Waals surface area contributed by atoms with Crippen LogP contribution in [0.5, 0.6) is 5.75 Å². The Morgan fingerprint density at radius 1 is 1.07 bits per heavy atom. The summed E-state index contributed by atoms with van der Waals surface area (Å²) in [6, 6.07) is 20.1. The van der Waals surface area contributed by atoms with Crippen molar-refractivity contribution in [2.75, 3.05) is 11.9 Å². The molecule has 0 fully saturated rings. The number of hydrogen-bond acceptors (Lipinski definition) is 5. The van der Waals surface area contributed by atoms with Gasteiger partial charge in [0.2, 0.25) is 5.89 Å². The van der Waals surface area contributed by atoms with Crippen LogP contribution in [0.25, 0.3) is 22.6 Å². The second kappa shape index (κ2) is 8.71. The van der Waals surface area contributed by atoms with E-state index in [1.807, 2.05) is 18.2 Å². The number of fused-ring (bicyclic) bond motifs is 1. The summed E-state index contributed by atoms with van der Waals surface area (Å²) in [5.41, 5.74) is 2.48. The normalized spacial score (nSPS) is 10.6. The minimum atomic E-state index is -0.377. The fraction of sp³-hybridized carbons (Fsp3) is 0.0455. The summed E-state index contributed by atoms with van der Waals surface area (Å²) >= 11 is 5.18. The van der Waals surface area contributed by atoms with Gasteiger partial charge in [0.05, 0.1) is 0 Å². The quantitative estimate of drug-likeness (QED) is 0.461. The first kappa shape index (κ1) is 19.5. The van der Waals surface area contributed by atoms with Crippen molar-refractivity contribution in [3.63, 3.8) is 0 Å². The van der Waals surface area contributed by atoms with E-state index in [0.717, 1.165) is 0 Å². The summed E-state index contributed by atoms with van der Waals surface area (Å²) in [4.78, 5) is 16.4. The smallest absolute Gasteiger partial charge is 0.264 e. The third kappa shape index (κ3) is 4.79. The van der Waals surface area contributed by atoms with E-state index in [1.165, 1.54) is 12.1 Å². The van der Waals surface area contributed by atoms with Gasteiger partial charge in [0.1, 0.15) is 17.1 Å². The highest BCUT2D eigenvalue weighted by Crippen LogP contribution is 2.26. The number of aromatic nitrogens is 1. The molecule has 0 bridgehead atoms. The summed E-state index contributed by atoms with van der Waals surface area (Å²) in [5, 5.41) is 5.63. The van der Waals surface area contributed by atoms with Gasteiger partial charge in [-0.05, 0) is 66.8 Å². The maximum Gasteiger partial charge on any atom is 0.264 e. The van der Waals surface area contributed by atoms with Crippen LogP contribution in [0.3, 0.4) is 0 Å². The van der Waals surface area contributed by atoms with Gasteiger partial charge >= 0.3 is 0 Å². The topological polar surface area (TPSA) is 76.4 Å². The summed E-state index contributed by atoms with van der Waals surface area (Å²) in [5.74, 6) is 0.277. The molecule has 0 unspecified atom stereocenters. The van der Waals surface area contributed by atoms with Crippen molar-refractivity contribution in [3.8, 4) is 17.2 Å². The van der Waals surface area contributed by atoms with Crippen LogP contribution in [0.1, 0.15) is 0 Å². The molecule has 0 aliphatic rings. The molecule has 1 aromatic heterocycles. The third-order valence-electron chi connectivity index (χ3n) is 4.10. The molecule has 1 heterocycles. The Morgan fingerprint density at radius 2 is 1.83 bits per heavy atom. The van der Waals surface area contributed by atoms with E-state index in [-0.39, 0.29) is 23.4 Å². The highest BCUT2D eigenvalue weighted by atomic mass is 32.1. The van der Waals surface area contributed by atoms with Crippen molar-refractivity contribution in [1.29, 1.82) is 0 Å². The molecule has 8 heteroatoms. The number of halogens is 1. The predicted molar refractivity (Wildman–Crippen MR) is 116 cm³/mol. The first-order chi connectivity index (χ1) is 14.6. The summed E-state index contributed by atoms with van der Waals surface area (Å²) < 4.78 is 24.2. The predicted octanol–water partition coefficient (Wildman–Crippen LogP) is 4.53. The second-order valence-corrected chi connectivity index (χ2v) is 6.72. The second-order valence-electron chi connectivity index (χ2n) is 6.31. The van der Waals surface area contributed by atoms with Crippen molar-refractivity contribution in [2.45, 2.75) is 0 Å². The highest BCUT2D eigenvalue weighted by Gasteiger charge is 2.11.